The van der Waals surface area contributed by atoms with E-state index in [1.807, 2.05) is 18.3 Å². The molecule has 2 nitrogen and oxygen atoms in total. The van der Waals surface area contributed by atoms with Gasteiger partial charge in [0.25, 0.3) is 0 Å². The van der Waals surface area contributed by atoms with Crippen LogP contribution in [0.3, 0.4) is 0 Å². The van der Waals surface area contributed by atoms with Crippen LogP contribution in [-0.4, -0.2) is 16.7 Å². The number of pyridine rings is 1. The molecule has 0 aliphatic heterocycles. The highest BCUT2D eigenvalue weighted by molar-refractivity contribution is 5.09. The SMILES string of the molecule is OCC=CCCc1cccnc1. The van der Waals surface area contributed by atoms with Crippen molar-refractivity contribution in [2.24, 2.45) is 0 Å². The fourth-order valence-electron chi connectivity index (χ4n) is 0.988. The van der Waals surface area contributed by atoms with E-state index in [1.165, 1.54) is 5.56 Å². The van der Waals surface area contributed by atoms with E-state index in [0.29, 0.717) is 0 Å². The first kappa shape index (κ1) is 8.94. The Labute approximate surface area is 72.6 Å². The van der Waals surface area contributed by atoms with Crippen molar-refractivity contribution < 1.29 is 5.11 Å². The zero-order chi connectivity index (χ0) is 8.65. The first-order chi connectivity index (χ1) is 5.93. The topological polar surface area (TPSA) is 33.1 Å². The van der Waals surface area contributed by atoms with Crippen LogP contribution in [0.15, 0.2) is 36.7 Å². The summed E-state index contributed by atoms with van der Waals surface area (Å²) in [5, 5.41) is 8.46. The van der Waals surface area contributed by atoms with Crippen molar-refractivity contribution in [3.8, 4) is 0 Å². The van der Waals surface area contributed by atoms with Gasteiger partial charge in [0.05, 0.1) is 6.61 Å². The van der Waals surface area contributed by atoms with Gasteiger partial charge >= 0.3 is 0 Å². The van der Waals surface area contributed by atoms with Crippen molar-refractivity contribution in [3.63, 3.8) is 0 Å². The maximum atomic E-state index is 8.46. The van der Waals surface area contributed by atoms with E-state index in [0.717, 1.165) is 12.8 Å². The van der Waals surface area contributed by atoms with Gasteiger partial charge in [0.1, 0.15) is 0 Å². The molecule has 1 N–H and O–H groups in total. The third-order valence-electron chi connectivity index (χ3n) is 1.59. The van der Waals surface area contributed by atoms with Crippen LogP contribution in [0.5, 0.6) is 0 Å². The molecule has 0 fully saturated rings. The number of aliphatic hydroxyl groups is 1. The quantitative estimate of drug-likeness (QED) is 0.683. The highest BCUT2D eigenvalue weighted by atomic mass is 16.2. The van der Waals surface area contributed by atoms with Crippen molar-refractivity contribution in [1.29, 1.82) is 0 Å². The number of aryl methyl sites for hydroxylation is 1. The fourth-order valence-corrected chi connectivity index (χ4v) is 0.988. The number of hydrogen-bond acceptors (Lipinski definition) is 2. The highest BCUT2D eigenvalue weighted by Gasteiger charge is 1.87. The molecule has 12 heavy (non-hydrogen) atoms. The number of aliphatic hydroxyl groups excluding tert-OH is 1. The van der Waals surface area contributed by atoms with E-state index in [1.54, 1.807) is 12.3 Å². The molecule has 0 spiro atoms. The molecule has 64 valence electrons. The summed E-state index contributed by atoms with van der Waals surface area (Å²) in [4.78, 5) is 4.01. The molecule has 1 aromatic heterocycles. The maximum absolute atomic E-state index is 8.46. The lowest BCUT2D eigenvalue weighted by Crippen LogP contribution is -1.83. The lowest BCUT2D eigenvalue weighted by molar-refractivity contribution is 0.342. The van der Waals surface area contributed by atoms with Crippen LogP contribution >= 0.6 is 0 Å². The Balaban J connectivity index is 2.29. The molecule has 1 aromatic rings. The van der Waals surface area contributed by atoms with E-state index >= 15 is 0 Å². The Morgan fingerprint density at radius 2 is 2.33 bits per heavy atom. The van der Waals surface area contributed by atoms with E-state index in [2.05, 4.69) is 11.1 Å². The van der Waals surface area contributed by atoms with E-state index in [-0.39, 0.29) is 6.61 Å². The van der Waals surface area contributed by atoms with Crippen LogP contribution in [0, 0.1) is 0 Å². The number of nitrogens with zero attached hydrogens (tertiary/aromatic N) is 1. The second kappa shape index (κ2) is 5.49. The Bertz CT molecular complexity index is 231. The van der Waals surface area contributed by atoms with Crippen LogP contribution in [0.1, 0.15) is 12.0 Å². The molecule has 0 aliphatic carbocycles. The standard InChI is InChI=1S/C10H13NO/c12-8-3-1-2-5-10-6-4-7-11-9-10/h1,3-4,6-7,9,12H,2,5,8H2. The molecule has 0 aliphatic rings. The third-order valence-corrected chi connectivity index (χ3v) is 1.59. The van der Waals surface area contributed by atoms with Gasteiger partial charge in [0, 0.05) is 12.4 Å². The molecule has 0 saturated carbocycles. The second-order valence-corrected chi connectivity index (χ2v) is 2.55. The van der Waals surface area contributed by atoms with Crippen molar-refractivity contribution in [3.05, 3.63) is 42.2 Å². The van der Waals surface area contributed by atoms with Crippen LogP contribution in [0.2, 0.25) is 0 Å². The van der Waals surface area contributed by atoms with Crippen LogP contribution < -0.4 is 0 Å². The minimum atomic E-state index is 0.132. The van der Waals surface area contributed by atoms with E-state index in [9.17, 15) is 0 Å². The van der Waals surface area contributed by atoms with Gasteiger partial charge in [-0.3, -0.25) is 4.98 Å². The molecule has 1 rings (SSSR count). The summed E-state index contributed by atoms with van der Waals surface area (Å²) in [6.07, 6.45) is 9.33. The van der Waals surface area contributed by atoms with Gasteiger partial charge < -0.3 is 5.11 Å². The van der Waals surface area contributed by atoms with Gasteiger partial charge in [-0.15, -0.1) is 0 Å². The molecular weight excluding hydrogens is 150 g/mol. The summed E-state index contributed by atoms with van der Waals surface area (Å²) in [6.45, 7) is 0.132. The average Bonchev–Trinajstić information content (AvgIpc) is 2.14. The molecular formula is C10H13NO. The number of allylic oxidation sites excluding steroid dienone is 1. The summed E-state index contributed by atoms with van der Waals surface area (Å²) >= 11 is 0. The predicted octanol–water partition coefficient (Wildman–Crippen LogP) is 1.56. The molecule has 0 amide bonds. The zero-order valence-corrected chi connectivity index (χ0v) is 6.98. The van der Waals surface area contributed by atoms with Gasteiger partial charge in [0.2, 0.25) is 0 Å². The predicted molar refractivity (Wildman–Crippen MR) is 48.8 cm³/mol. The van der Waals surface area contributed by atoms with E-state index < -0.39 is 0 Å². The summed E-state index contributed by atoms with van der Waals surface area (Å²) in [5.41, 5.74) is 1.24. The summed E-state index contributed by atoms with van der Waals surface area (Å²) in [5.74, 6) is 0. The molecule has 0 radical (unpaired) electrons. The number of hydrogen-bond donors (Lipinski definition) is 1. The average molecular weight is 163 g/mol. The first-order valence-corrected chi connectivity index (χ1v) is 4.08. The van der Waals surface area contributed by atoms with Crippen LogP contribution in [-0.2, 0) is 6.42 Å². The minimum Gasteiger partial charge on any atom is -0.392 e. The number of rotatable bonds is 4. The van der Waals surface area contributed by atoms with Gasteiger partial charge in [-0.1, -0.05) is 18.2 Å². The smallest absolute Gasteiger partial charge is 0.0612 e. The second-order valence-electron chi connectivity index (χ2n) is 2.55. The minimum absolute atomic E-state index is 0.132. The van der Waals surface area contributed by atoms with Crippen molar-refractivity contribution in [1.82, 2.24) is 4.98 Å². The first-order valence-electron chi connectivity index (χ1n) is 4.08. The molecule has 1 heterocycles. The molecule has 0 unspecified atom stereocenters. The van der Waals surface area contributed by atoms with Crippen molar-refractivity contribution in [2.75, 3.05) is 6.61 Å². The molecule has 0 atom stereocenters. The highest BCUT2D eigenvalue weighted by Crippen LogP contribution is 2.00. The molecule has 0 aromatic carbocycles. The van der Waals surface area contributed by atoms with Gasteiger partial charge in [-0.25, -0.2) is 0 Å². The monoisotopic (exact) mass is 163 g/mol. The van der Waals surface area contributed by atoms with Gasteiger partial charge in [-0.05, 0) is 24.5 Å². The molecule has 2 heteroatoms. The Morgan fingerprint density at radius 1 is 1.42 bits per heavy atom. The third kappa shape index (κ3) is 3.30. The normalized spacial score (nSPS) is 10.8. The molecule has 0 saturated heterocycles. The van der Waals surface area contributed by atoms with E-state index in [4.69, 9.17) is 5.11 Å². The largest absolute Gasteiger partial charge is 0.392 e. The lowest BCUT2D eigenvalue weighted by Gasteiger charge is -1.94. The molecule has 0 bridgehead atoms. The Hall–Kier alpha value is -1.15. The summed E-state index contributed by atoms with van der Waals surface area (Å²) in [7, 11) is 0. The van der Waals surface area contributed by atoms with Crippen LogP contribution in [0.4, 0.5) is 0 Å². The van der Waals surface area contributed by atoms with Crippen molar-refractivity contribution >= 4 is 0 Å². The Kier molecular flexibility index (Phi) is 4.09. The van der Waals surface area contributed by atoms with Gasteiger partial charge in [0.15, 0.2) is 0 Å². The summed E-state index contributed by atoms with van der Waals surface area (Å²) in [6, 6.07) is 3.99. The fraction of sp³-hybridized carbons (Fsp3) is 0.300. The lowest BCUT2D eigenvalue weighted by atomic mass is 10.1. The Morgan fingerprint density at radius 3 is 3.00 bits per heavy atom. The van der Waals surface area contributed by atoms with Crippen LogP contribution in [0.25, 0.3) is 0 Å². The van der Waals surface area contributed by atoms with Crippen molar-refractivity contribution in [2.45, 2.75) is 12.8 Å². The number of aromatic nitrogens is 1. The van der Waals surface area contributed by atoms with Gasteiger partial charge in [-0.2, -0.15) is 0 Å². The maximum Gasteiger partial charge on any atom is 0.0612 e. The summed E-state index contributed by atoms with van der Waals surface area (Å²) < 4.78 is 0. The zero-order valence-electron chi connectivity index (χ0n) is 6.98.